The molecule has 6 rings (SSSR count). The molecule has 0 atom stereocenters. The van der Waals surface area contributed by atoms with Crippen LogP contribution in [0.15, 0.2) is 76.2 Å². The van der Waals surface area contributed by atoms with Gasteiger partial charge in [0.1, 0.15) is 35.1 Å². The van der Waals surface area contributed by atoms with Crippen LogP contribution in [0.1, 0.15) is 0 Å². The van der Waals surface area contributed by atoms with Crippen molar-refractivity contribution in [3.63, 3.8) is 0 Å². The van der Waals surface area contributed by atoms with Crippen LogP contribution in [-0.4, -0.2) is 25.4 Å². The minimum absolute atomic E-state index is 0.000333. The van der Waals surface area contributed by atoms with Gasteiger partial charge in [-0.3, -0.25) is 14.2 Å². The lowest BCUT2D eigenvalue weighted by molar-refractivity contribution is -0.116. The van der Waals surface area contributed by atoms with E-state index in [1.165, 1.54) is 10.9 Å². The van der Waals surface area contributed by atoms with Crippen LogP contribution in [0.4, 0.5) is 14.5 Å². The molecule has 0 radical (unpaired) electrons. The highest BCUT2D eigenvalue weighted by molar-refractivity contribution is 6.02. The quantitative estimate of drug-likeness (QED) is 0.391. The van der Waals surface area contributed by atoms with Crippen LogP contribution >= 0.6 is 0 Å². The standard InChI is InChI=1S/C25H15F2N5O3/c26-13-5-7-17(27)16(9-13)24-30-18-8-6-14(10-19(18)31-24)29-21(33)11-32-12-28-22-15-3-1-2-4-20(15)35-23(22)25(32)34/h1-10,12H,11H2,(H,29,33)(H,30,31). The number of aromatic amines is 1. The van der Waals surface area contributed by atoms with Crippen molar-refractivity contribution in [2.24, 2.45) is 0 Å². The molecule has 172 valence electrons. The molecule has 0 aliphatic carbocycles. The molecule has 10 heteroatoms. The first-order valence-corrected chi connectivity index (χ1v) is 10.6. The Kier molecular flexibility index (Phi) is 4.66. The fraction of sp³-hybridized carbons (Fsp3) is 0.0400. The van der Waals surface area contributed by atoms with Gasteiger partial charge in [0.25, 0.3) is 5.56 Å². The SMILES string of the molecule is O=C(Cn1cnc2c(oc3ccccc32)c1=O)Nc1ccc2nc(-c3cc(F)ccc3F)[nH]c2c1. The minimum Gasteiger partial charge on any atom is -0.448 e. The molecule has 35 heavy (non-hydrogen) atoms. The second-order valence-electron chi connectivity index (χ2n) is 7.94. The molecule has 0 fully saturated rings. The zero-order chi connectivity index (χ0) is 24.1. The molecule has 0 aliphatic heterocycles. The highest BCUT2D eigenvalue weighted by Crippen LogP contribution is 2.26. The summed E-state index contributed by atoms with van der Waals surface area (Å²) in [4.78, 5) is 37.0. The maximum absolute atomic E-state index is 14.1. The van der Waals surface area contributed by atoms with Gasteiger partial charge in [-0.25, -0.2) is 18.7 Å². The number of furan rings is 1. The molecule has 0 spiro atoms. The maximum Gasteiger partial charge on any atom is 0.297 e. The van der Waals surface area contributed by atoms with Crippen molar-refractivity contribution in [3.8, 4) is 11.4 Å². The summed E-state index contributed by atoms with van der Waals surface area (Å²) < 4.78 is 34.5. The molecule has 2 N–H and O–H groups in total. The molecule has 6 aromatic rings. The van der Waals surface area contributed by atoms with Gasteiger partial charge in [-0.2, -0.15) is 0 Å². The number of aromatic nitrogens is 4. The second kappa shape index (κ2) is 7.87. The first-order chi connectivity index (χ1) is 17.0. The molecular weight excluding hydrogens is 456 g/mol. The number of hydrogen-bond acceptors (Lipinski definition) is 5. The van der Waals surface area contributed by atoms with Gasteiger partial charge >= 0.3 is 0 Å². The summed E-state index contributed by atoms with van der Waals surface area (Å²) in [6, 6.07) is 15.2. The Morgan fingerprint density at radius 1 is 1.09 bits per heavy atom. The lowest BCUT2D eigenvalue weighted by Gasteiger charge is -2.07. The van der Waals surface area contributed by atoms with Crippen molar-refractivity contribution in [3.05, 3.63) is 89.0 Å². The predicted octanol–water partition coefficient (Wildman–Crippen LogP) is 4.60. The molecule has 0 saturated carbocycles. The highest BCUT2D eigenvalue weighted by atomic mass is 19.1. The molecule has 3 aromatic heterocycles. The molecule has 8 nitrogen and oxygen atoms in total. The number of nitrogens with zero attached hydrogens (tertiary/aromatic N) is 3. The van der Waals surface area contributed by atoms with Gasteiger partial charge < -0.3 is 14.7 Å². The summed E-state index contributed by atoms with van der Waals surface area (Å²) >= 11 is 0. The van der Waals surface area contributed by atoms with Gasteiger partial charge in [-0.05, 0) is 48.5 Å². The van der Waals surface area contributed by atoms with Crippen LogP contribution in [0.2, 0.25) is 0 Å². The van der Waals surface area contributed by atoms with Crippen molar-refractivity contribution >= 4 is 44.7 Å². The molecule has 3 heterocycles. The average Bonchev–Trinajstić information content (AvgIpc) is 3.44. The number of H-pyrrole nitrogens is 1. The highest BCUT2D eigenvalue weighted by Gasteiger charge is 2.16. The minimum atomic E-state index is -0.612. The lowest BCUT2D eigenvalue weighted by atomic mass is 10.2. The Labute approximate surface area is 194 Å². The number of halogens is 2. The van der Waals surface area contributed by atoms with Gasteiger partial charge in [-0.15, -0.1) is 0 Å². The van der Waals surface area contributed by atoms with E-state index in [9.17, 15) is 18.4 Å². The summed E-state index contributed by atoms with van der Waals surface area (Å²) in [6.07, 6.45) is 1.31. The van der Waals surface area contributed by atoms with E-state index >= 15 is 0 Å². The average molecular weight is 471 g/mol. The van der Waals surface area contributed by atoms with Crippen molar-refractivity contribution in [2.45, 2.75) is 6.54 Å². The number of amides is 1. The van der Waals surface area contributed by atoms with Crippen molar-refractivity contribution in [1.29, 1.82) is 0 Å². The first kappa shape index (κ1) is 20.7. The fourth-order valence-electron chi connectivity index (χ4n) is 3.98. The Morgan fingerprint density at radius 2 is 1.94 bits per heavy atom. The van der Waals surface area contributed by atoms with Crippen LogP contribution in [0.3, 0.4) is 0 Å². The number of nitrogens with one attached hydrogen (secondary N) is 2. The van der Waals surface area contributed by atoms with E-state index in [-0.39, 0.29) is 23.5 Å². The number of benzene rings is 3. The van der Waals surface area contributed by atoms with Crippen molar-refractivity contribution in [2.75, 3.05) is 5.32 Å². The lowest BCUT2D eigenvalue weighted by Crippen LogP contribution is -2.27. The number of para-hydroxylation sites is 1. The number of rotatable bonds is 4. The molecule has 1 amide bonds. The predicted molar refractivity (Wildman–Crippen MR) is 126 cm³/mol. The monoisotopic (exact) mass is 471 g/mol. The Hall–Kier alpha value is -4.86. The van der Waals surface area contributed by atoms with Crippen LogP contribution in [0.25, 0.3) is 44.5 Å². The van der Waals surface area contributed by atoms with E-state index in [1.54, 1.807) is 30.3 Å². The summed E-state index contributed by atoms with van der Waals surface area (Å²) in [6.45, 7) is -0.278. The third-order valence-corrected chi connectivity index (χ3v) is 5.61. The topological polar surface area (TPSA) is 106 Å². The molecule has 0 bridgehead atoms. The van der Waals surface area contributed by atoms with Crippen molar-refractivity contribution in [1.82, 2.24) is 19.5 Å². The summed E-state index contributed by atoms with van der Waals surface area (Å²) in [5.74, 6) is -1.49. The Balaban J connectivity index is 1.25. The van der Waals surface area contributed by atoms with Gasteiger partial charge in [0.05, 0.1) is 22.9 Å². The second-order valence-corrected chi connectivity index (χ2v) is 7.94. The number of carbonyl (C=O) groups is 1. The number of imidazole rings is 1. The van der Waals surface area contributed by atoms with Crippen LogP contribution < -0.4 is 10.9 Å². The van der Waals surface area contributed by atoms with E-state index in [2.05, 4.69) is 20.3 Å². The molecule has 0 aliphatic rings. The molecule has 0 saturated heterocycles. The van der Waals surface area contributed by atoms with E-state index in [0.29, 0.717) is 27.8 Å². The molecular formula is C25H15F2N5O3. The van der Waals surface area contributed by atoms with Crippen LogP contribution in [-0.2, 0) is 11.3 Å². The fourth-order valence-corrected chi connectivity index (χ4v) is 3.98. The molecule has 3 aromatic carbocycles. The van der Waals surface area contributed by atoms with Crippen molar-refractivity contribution < 1.29 is 18.0 Å². The number of carbonyl (C=O) groups excluding carboxylic acids is 1. The summed E-state index contributed by atoms with van der Waals surface area (Å²) in [7, 11) is 0. The summed E-state index contributed by atoms with van der Waals surface area (Å²) in [5, 5.41) is 3.44. The van der Waals surface area contributed by atoms with Crippen LogP contribution in [0.5, 0.6) is 0 Å². The zero-order valence-electron chi connectivity index (χ0n) is 17.9. The van der Waals surface area contributed by atoms with E-state index in [4.69, 9.17) is 4.42 Å². The zero-order valence-corrected chi connectivity index (χ0v) is 17.9. The Morgan fingerprint density at radius 3 is 2.83 bits per heavy atom. The van der Waals surface area contributed by atoms with E-state index in [1.807, 2.05) is 12.1 Å². The third-order valence-electron chi connectivity index (χ3n) is 5.61. The van der Waals surface area contributed by atoms with Gasteiger partial charge in [-0.1, -0.05) is 12.1 Å². The largest absolute Gasteiger partial charge is 0.448 e. The number of fused-ring (bicyclic) bond motifs is 4. The van der Waals surface area contributed by atoms with E-state index in [0.717, 1.165) is 23.6 Å². The molecule has 0 unspecified atom stereocenters. The van der Waals surface area contributed by atoms with Gasteiger partial charge in [0.2, 0.25) is 11.5 Å². The smallest absolute Gasteiger partial charge is 0.297 e. The summed E-state index contributed by atoms with van der Waals surface area (Å²) in [5.41, 5.74) is 2.06. The normalized spacial score (nSPS) is 11.5. The maximum atomic E-state index is 14.1. The van der Waals surface area contributed by atoms with Gasteiger partial charge in [0.15, 0.2) is 0 Å². The van der Waals surface area contributed by atoms with E-state index < -0.39 is 23.1 Å². The first-order valence-electron chi connectivity index (χ1n) is 10.6. The third kappa shape index (κ3) is 3.61. The van der Waals surface area contributed by atoms with Gasteiger partial charge in [0, 0.05) is 11.1 Å². The Bertz CT molecular complexity index is 1840. The number of anilines is 1. The number of hydrogen-bond donors (Lipinski definition) is 2. The van der Waals surface area contributed by atoms with Crippen LogP contribution in [0, 0.1) is 11.6 Å².